The lowest BCUT2D eigenvalue weighted by Gasteiger charge is -2.26. The second-order valence-electron chi connectivity index (χ2n) is 8.64. The number of nitrogens with zero attached hydrogens (tertiary/aromatic N) is 1. The second kappa shape index (κ2) is 14.0. The Morgan fingerprint density at radius 1 is 1.00 bits per heavy atom. The number of carbonyl (C=O) groups excluding carboxylic acids is 3. The summed E-state index contributed by atoms with van der Waals surface area (Å²) in [4.78, 5) is 67.1. The lowest BCUT2D eigenvalue weighted by molar-refractivity contribution is -0.143. The Morgan fingerprint density at radius 3 is 2.11 bits per heavy atom. The molecule has 0 aliphatic heterocycles. The summed E-state index contributed by atoms with van der Waals surface area (Å²) in [5.41, 5.74) is 6.27. The first kappa shape index (κ1) is 29.5. The largest absolute Gasteiger partial charge is 0.481 e. The van der Waals surface area contributed by atoms with Crippen LogP contribution in [-0.2, 0) is 30.4 Å². The molecule has 0 saturated heterocycles. The molecule has 0 saturated carbocycles. The lowest BCUT2D eigenvalue weighted by atomic mass is 10.0. The molecule has 0 radical (unpaired) electrons. The van der Waals surface area contributed by atoms with Crippen molar-refractivity contribution in [1.82, 2.24) is 25.9 Å². The van der Waals surface area contributed by atoms with E-state index in [1.165, 1.54) is 19.4 Å². The molecule has 5 unspecified atom stereocenters. The minimum Gasteiger partial charge on any atom is -0.481 e. The van der Waals surface area contributed by atoms with Crippen molar-refractivity contribution in [3.05, 3.63) is 18.2 Å². The molecule has 1 heterocycles. The van der Waals surface area contributed by atoms with Crippen LogP contribution in [-0.4, -0.2) is 85.2 Å². The fourth-order valence-electron chi connectivity index (χ4n) is 3.17. The van der Waals surface area contributed by atoms with E-state index in [4.69, 9.17) is 10.8 Å². The number of H-pyrrole nitrogens is 1. The summed E-state index contributed by atoms with van der Waals surface area (Å²) in [7, 11) is 0. The Kier molecular flexibility index (Phi) is 11.8. The van der Waals surface area contributed by atoms with Crippen molar-refractivity contribution in [1.29, 1.82) is 0 Å². The van der Waals surface area contributed by atoms with Gasteiger partial charge in [0.2, 0.25) is 17.7 Å². The summed E-state index contributed by atoms with van der Waals surface area (Å²) < 4.78 is 0. The van der Waals surface area contributed by atoms with Gasteiger partial charge in [0.05, 0.1) is 18.5 Å². The lowest BCUT2D eigenvalue weighted by Crippen LogP contribution is -2.60. The average molecular weight is 499 g/mol. The molecule has 5 atom stereocenters. The van der Waals surface area contributed by atoms with Crippen LogP contribution in [0.15, 0.2) is 12.5 Å². The molecule has 0 aromatic carbocycles. The first-order valence-electron chi connectivity index (χ1n) is 11.1. The van der Waals surface area contributed by atoms with E-state index in [2.05, 4.69) is 25.9 Å². The number of hydrogen-bond donors (Lipinski definition) is 8. The minimum atomic E-state index is -1.58. The molecule has 1 rings (SSSR count). The Balaban J connectivity index is 2.95. The third kappa shape index (κ3) is 10.5. The normalized spacial score (nSPS) is 15.4. The van der Waals surface area contributed by atoms with Gasteiger partial charge in [0, 0.05) is 24.7 Å². The first-order chi connectivity index (χ1) is 16.3. The molecule has 0 aliphatic carbocycles. The number of aliphatic carboxylic acids is 2. The van der Waals surface area contributed by atoms with Crippen molar-refractivity contribution in [2.24, 2.45) is 11.7 Å². The van der Waals surface area contributed by atoms with Gasteiger partial charge in [0.1, 0.15) is 18.1 Å². The number of aromatic amines is 1. The van der Waals surface area contributed by atoms with Crippen LogP contribution in [0.3, 0.4) is 0 Å². The van der Waals surface area contributed by atoms with Gasteiger partial charge in [-0.15, -0.1) is 0 Å². The Hall–Kier alpha value is -3.52. The number of aliphatic hydroxyl groups excluding tert-OH is 1. The number of hydrogen-bond acceptors (Lipinski definition) is 8. The zero-order valence-electron chi connectivity index (χ0n) is 19.9. The van der Waals surface area contributed by atoms with Crippen molar-refractivity contribution in [3.8, 4) is 0 Å². The zero-order chi connectivity index (χ0) is 26.7. The molecule has 0 fully saturated rings. The van der Waals surface area contributed by atoms with Crippen molar-refractivity contribution >= 4 is 29.7 Å². The van der Waals surface area contributed by atoms with Crippen molar-refractivity contribution in [2.45, 2.75) is 76.7 Å². The highest BCUT2D eigenvalue weighted by molar-refractivity contribution is 5.94. The third-order valence-corrected chi connectivity index (χ3v) is 5.00. The van der Waals surface area contributed by atoms with Gasteiger partial charge in [0.25, 0.3) is 0 Å². The second-order valence-corrected chi connectivity index (χ2v) is 8.64. The van der Waals surface area contributed by atoms with Crippen LogP contribution >= 0.6 is 0 Å². The van der Waals surface area contributed by atoms with Gasteiger partial charge >= 0.3 is 11.9 Å². The molecule has 35 heavy (non-hydrogen) atoms. The van der Waals surface area contributed by atoms with E-state index in [1.54, 1.807) is 0 Å². The number of nitrogens with two attached hydrogens (primary N) is 1. The predicted octanol–water partition coefficient (Wildman–Crippen LogP) is -1.89. The number of aliphatic hydroxyl groups is 1. The smallest absolute Gasteiger partial charge is 0.326 e. The van der Waals surface area contributed by atoms with E-state index < -0.39 is 66.4 Å². The molecule has 9 N–H and O–H groups in total. The summed E-state index contributed by atoms with van der Waals surface area (Å²) in [5.74, 6) is -5.06. The van der Waals surface area contributed by atoms with Crippen LogP contribution in [0.5, 0.6) is 0 Å². The van der Waals surface area contributed by atoms with E-state index in [0.29, 0.717) is 12.1 Å². The van der Waals surface area contributed by atoms with Gasteiger partial charge in [-0.05, 0) is 25.7 Å². The standard InChI is InChI=1S/C21H34N6O8/c1-10(2)6-13(22)18(31)25-14(4-5-16(29)30)19(32)27-17(11(3)28)20(33)26-15(21(34)35)7-12-8-23-9-24-12/h8-11,13-15,17,28H,4-7,22H2,1-3H3,(H,23,24)(H,25,31)(H,26,33)(H,27,32)(H,29,30)(H,34,35). The third-order valence-electron chi connectivity index (χ3n) is 5.00. The maximum atomic E-state index is 12.9. The van der Waals surface area contributed by atoms with Gasteiger partial charge in [-0.2, -0.15) is 0 Å². The highest BCUT2D eigenvalue weighted by Crippen LogP contribution is 2.06. The number of aromatic nitrogens is 2. The molecular formula is C21H34N6O8. The highest BCUT2D eigenvalue weighted by Gasteiger charge is 2.33. The van der Waals surface area contributed by atoms with E-state index in [-0.39, 0.29) is 18.8 Å². The quantitative estimate of drug-likeness (QED) is 0.134. The number of carboxylic acid groups (broad SMARTS) is 2. The van der Waals surface area contributed by atoms with Crippen LogP contribution < -0.4 is 21.7 Å². The van der Waals surface area contributed by atoms with E-state index in [0.717, 1.165) is 0 Å². The van der Waals surface area contributed by atoms with Crippen LogP contribution in [0.4, 0.5) is 0 Å². The molecule has 14 heteroatoms. The van der Waals surface area contributed by atoms with Crippen molar-refractivity contribution in [3.63, 3.8) is 0 Å². The summed E-state index contributed by atoms with van der Waals surface area (Å²) >= 11 is 0. The van der Waals surface area contributed by atoms with Gasteiger partial charge in [0.15, 0.2) is 0 Å². The Morgan fingerprint density at radius 2 is 1.63 bits per heavy atom. The van der Waals surface area contributed by atoms with Crippen LogP contribution in [0.25, 0.3) is 0 Å². The SMILES string of the molecule is CC(C)CC(N)C(=O)NC(CCC(=O)O)C(=O)NC(C(=O)NC(Cc1cnc[nH]1)C(=O)O)C(C)O. The summed E-state index contributed by atoms with van der Waals surface area (Å²) in [6.45, 7) is 4.91. The number of rotatable bonds is 15. The van der Waals surface area contributed by atoms with Gasteiger partial charge in [-0.3, -0.25) is 19.2 Å². The summed E-state index contributed by atoms with van der Waals surface area (Å²) in [6.07, 6.45) is 0.710. The van der Waals surface area contributed by atoms with Crippen molar-refractivity contribution in [2.75, 3.05) is 0 Å². The average Bonchev–Trinajstić information content (AvgIpc) is 3.26. The molecule has 0 spiro atoms. The fourth-order valence-corrected chi connectivity index (χ4v) is 3.17. The fraction of sp³-hybridized carbons (Fsp3) is 0.619. The summed E-state index contributed by atoms with van der Waals surface area (Å²) in [6, 6.07) is -5.27. The summed E-state index contributed by atoms with van der Waals surface area (Å²) in [5, 5.41) is 35.4. The molecule has 0 aliphatic rings. The molecule has 1 aromatic rings. The zero-order valence-corrected chi connectivity index (χ0v) is 19.9. The molecular weight excluding hydrogens is 464 g/mol. The minimum absolute atomic E-state index is 0.0919. The maximum absolute atomic E-state index is 12.9. The highest BCUT2D eigenvalue weighted by atomic mass is 16.4. The van der Waals surface area contributed by atoms with Gasteiger partial charge < -0.3 is 42.0 Å². The Bertz CT molecular complexity index is 873. The first-order valence-corrected chi connectivity index (χ1v) is 11.1. The van der Waals surface area contributed by atoms with Crippen molar-refractivity contribution < 1.29 is 39.3 Å². The topological polar surface area (TPSA) is 237 Å². The maximum Gasteiger partial charge on any atom is 0.326 e. The molecule has 1 aromatic heterocycles. The predicted molar refractivity (Wildman–Crippen MR) is 122 cm³/mol. The van der Waals surface area contributed by atoms with Crippen LogP contribution in [0.1, 0.15) is 45.7 Å². The van der Waals surface area contributed by atoms with Gasteiger partial charge in [-0.25, -0.2) is 9.78 Å². The molecule has 196 valence electrons. The number of carbonyl (C=O) groups is 5. The molecule has 14 nitrogen and oxygen atoms in total. The monoisotopic (exact) mass is 498 g/mol. The number of imidazole rings is 1. The van der Waals surface area contributed by atoms with E-state index in [1.807, 2.05) is 13.8 Å². The van der Waals surface area contributed by atoms with Crippen LogP contribution in [0, 0.1) is 5.92 Å². The number of amides is 3. The molecule has 0 bridgehead atoms. The Labute approximate surface area is 202 Å². The number of carboxylic acids is 2. The number of nitrogens with one attached hydrogen (secondary N) is 4. The van der Waals surface area contributed by atoms with Gasteiger partial charge in [-0.1, -0.05) is 13.8 Å². The molecule has 3 amide bonds. The van der Waals surface area contributed by atoms with E-state index >= 15 is 0 Å². The van der Waals surface area contributed by atoms with E-state index in [9.17, 15) is 34.2 Å². The van der Waals surface area contributed by atoms with Crippen LogP contribution in [0.2, 0.25) is 0 Å².